The Bertz CT molecular complexity index is 597. The number of hydrogen-bond acceptors (Lipinski definition) is 11. The van der Waals surface area contributed by atoms with Gasteiger partial charge in [0.25, 0.3) is 0 Å². The van der Waals surface area contributed by atoms with Crippen molar-refractivity contribution in [3.05, 3.63) is 0 Å². The molecule has 3 saturated heterocycles. The molecule has 3 heterocycles. The van der Waals surface area contributed by atoms with Crippen LogP contribution in [-0.2, 0) is 47.0 Å². The Morgan fingerprint density at radius 1 is 0.818 bits per heavy atom. The van der Waals surface area contributed by atoms with Crippen LogP contribution in [0.5, 0.6) is 0 Å². The molecule has 22 heavy (non-hydrogen) atoms. The second-order valence-corrected chi connectivity index (χ2v) is 7.35. The maximum Gasteiger partial charge on any atom is 0.509 e. The summed E-state index contributed by atoms with van der Waals surface area (Å²) >= 11 is 0. The van der Waals surface area contributed by atoms with Gasteiger partial charge in [0.1, 0.15) is 24.4 Å². The smallest absolute Gasteiger partial charge is 0.427 e. The Kier molecular flexibility index (Phi) is 4.03. The van der Waals surface area contributed by atoms with E-state index in [0.29, 0.717) is 0 Å². The molecule has 0 aliphatic carbocycles. The molecular weight excluding hydrogens is 348 g/mol. The summed E-state index contributed by atoms with van der Waals surface area (Å²) in [5.74, 6) is 0. The minimum atomic E-state index is -4.01. The van der Waals surface area contributed by atoms with Gasteiger partial charge in [-0.25, -0.2) is 21.5 Å². The third-order valence-electron chi connectivity index (χ3n) is 3.20. The van der Waals surface area contributed by atoms with Crippen molar-refractivity contribution in [1.29, 1.82) is 0 Å². The molecule has 0 radical (unpaired) electrons. The molecule has 0 bridgehead atoms. The van der Waals surface area contributed by atoms with Crippen LogP contribution < -0.4 is 0 Å². The predicted molar refractivity (Wildman–Crippen MR) is 63.9 cm³/mol. The Labute approximate surface area is 126 Å². The van der Waals surface area contributed by atoms with Crippen molar-refractivity contribution >= 4 is 27.0 Å². The molecule has 0 saturated carbocycles. The van der Waals surface area contributed by atoms with Crippen molar-refractivity contribution < 1.29 is 47.8 Å². The zero-order valence-corrected chi connectivity index (χ0v) is 12.6. The first kappa shape index (κ1) is 15.9. The molecule has 3 fully saturated rings. The quantitative estimate of drug-likeness (QED) is 0.569. The summed E-state index contributed by atoms with van der Waals surface area (Å²) < 4.78 is 72.1. The van der Waals surface area contributed by atoms with Gasteiger partial charge in [0, 0.05) is 12.8 Å². The van der Waals surface area contributed by atoms with E-state index in [1.54, 1.807) is 0 Å². The van der Waals surface area contributed by atoms with Crippen molar-refractivity contribution in [3.63, 3.8) is 0 Å². The van der Waals surface area contributed by atoms with Gasteiger partial charge in [-0.05, 0) is 0 Å². The van der Waals surface area contributed by atoms with Gasteiger partial charge in [-0.3, -0.25) is 0 Å². The van der Waals surface area contributed by atoms with Crippen molar-refractivity contribution in [1.82, 2.24) is 0 Å². The lowest BCUT2D eigenvalue weighted by Crippen LogP contribution is -2.32. The van der Waals surface area contributed by atoms with Crippen LogP contribution in [0.2, 0.25) is 0 Å². The summed E-state index contributed by atoms with van der Waals surface area (Å²) in [5.41, 5.74) is 0. The summed E-state index contributed by atoms with van der Waals surface area (Å²) in [4.78, 5) is 11.2. The highest BCUT2D eigenvalue weighted by Crippen LogP contribution is 2.29. The molecule has 3 aliphatic heterocycles. The highest BCUT2D eigenvalue weighted by Gasteiger charge is 2.44. The zero-order chi connectivity index (χ0) is 16.0. The van der Waals surface area contributed by atoms with Crippen molar-refractivity contribution in [2.45, 2.75) is 37.3 Å². The summed E-state index contributed by atoms with van der Waals surface area (Å²) in [7, 11) is -8.02. The fourth-order valence-corrected chi connectivity index (χ4v) is 4.01. The molecule has 0 spiro atoms. The van der Waals surface area contributed by atoms with Crippen LogP contribution in [0.25, 0.3) is 0 Å². The van der Waals surface area contributed by atoms with E-state index in [-0.39, 0.29) is 26.1 Å². The van der Waals surface area contributed by atoms with Crippen LogP contribution in [0, 0.1) is 0 Å². The first-order valence-electron chi connectivity index (χ1n) is 6.25. The lowest BCUT2D eigenvalue weighted by atomic mass is 10.0. The topological polar surface area (TPSA) is 141 Å². The fourth-order valence-electron chi connectivity index (χ4n) is 2.32. The maximum absolute atomic E-state index is 11.2. The average molecular weight is 360 g/mol. The van der Waals surface area contributed by atoms with Crippen LogP contribution in [0.4, 0.5) is 4.79 Å². The fraction of sp³-hybridized carbons (Fsp3) is 0.889. The number of rotatable bonds is 4. The third-order valence-corrected chi connectivity index (χ3v) is 5.07. The van der Waals surface area contributed by atoms with Gasteiger partial charge in [0.05, 0.1) is 13.2 Å². The van der Waals surface area contributed by atoms with Crippen molar-refractivity contribution in [3.8, 4) is 0 Å². The lowest BCUT2D eigenvalue weighted by Gasteiger charge is -2.18. The Morgan fingerprint density at radius 2 is 1.23 bits per heavy atom. The summed E-state index contributed by atoms with van der Waals surface area (Å²) in [6.45, 7) is -0.388. The molecule has 126 valence electrons. The lowest BCUT2D eigenvalue weighted by molar-refractivity contribution is 0.0696. The summed E-state index contributed by atoms with van der Waals surface area (Å²) in [6, 6.07) is 0. The van der Waals surface area contributed by atoms with E-state index in [0.717, 1.165) is 0 Å². The van der Waals surface area contributed by atoms with E-state index in [2.05, 4.69) is 16.7 Å². The minimum absolute atomic E-state index is 0.0238. The molecule has 0 aromatic heterocycles. The molecular formula is C9H12O11S2. The van der Waals surface area contributed by atoms with E-state index in [4.69, 9.17) is 9.47 Å². The van der Waals surface area contributed by atoms with Gasteiger partial charge in [0.2, 0.25) is 0 Å². The standard InChI is InChI=1S/C9H12O11S2/c10-9-17-7(1-5-3-15-21(11,12)19-5)8(18-9)2-6-4-16-22(13,14)20-6/h5-8H,1-4H2. The van der Waals surface area contributed by atoms with Gasteiger partial charge in [0.15, 0.2) is 0 Å². The Balaban J connectivity index is 1.59. The number of ether oxygens (including phenoxy) is 2. The van der Waals surface area contributed by atoms with E-state index < -0.39 is 51.4 Å². The molecule has 0 amide bonds. The largest absolute Gasteiger partial charge is 0.509 e. The molecule has 3 aliphatic rings. The first-order valence-corrected chi connectivity index (χ1v) is 8.92. The van der Waals surface area contributed by atoms with Gasteiger partial charge in [-0.1, -0.05) is 0 Å². The van der Waals surface area contributed by atoms with Gasteiger partial charge < -0.3 is 9.47 Å². The molecule has 0 N–H and O–H groups in total. The van der Waals surface area contributed by atoms with Crippen molar-refractivity contribution in [2.24, 2.45) is 0 Å². The second kappa shape index (κ2) is 5.58. The highest BCUT2D eigenvalue weighted by atomic mass is 32.3. The minimum Gasteiger partial charge on any atom is -0.427 e. The Hall–Kier alpha value is -0.990. The van der Waals surface area contributed by atoms with E-state index in [9.17, 15) is 21.6 Å². The van der Waals surface area contributed by atoms with Crippen molar-refractivity contribution in [2.75, 3.05) is 13.2 Å². The SMILES string of the molecule is O=C1OC(CC2COS(=O)(=O)O2)C(CC2COS(=O)(=O)O2)O1. The number of carbonyl (C=O) groups excluding carboxylic acids is 1. The Morgan fingerprint density at radius 3 is 1.55 bits per heavy atom. The molecule has 0 aromatic rings. The van der Waals surface area contributed by atoms with E-state index in [1.807, 2.05) is 0 Å². The summed E-state index contributed by atoms with van der Waals surface area (Å²) in [5, 5.41) is 0. The normalized spacial score (nSPS) is 39.5. The van der Waals surface area contributed by atoms with Crippen LogP contribution in [-0.4, -0.2) is 60.6 Å². The van der Waals surface area contributed by atoms with Crippen LogP contribution in [0.1, 0.15) is 12.8 Å². The average Bonchev–Trinajstić information content (AvgIpc) is 3.00. The first-order chi connectivity index (χ1) is 10.2. The number of carbonyl (C=O) groups is 1. The number of cyclic esters (lactones) is 2. The summed E-state index contributed by atoms with van der Waals surface area (Å²) in [6.07, 6.45) is -4.11. The van der Waals surface area contributed by atoms with Gasteiger partial charge >= 0.3 is 27.0 Å². The van der Waals surface area contributed by atoms with E-state index in [1.165, 1.54) is 0 Å². The predicted octanol–water partition coefficient (Wildman–Crippen LogP) is -1.01. The molecule has 3 rings (SSSR count). The molecule has 11 nitrogen and oxygen atoms in total. The van der Waals surface area contributed by atoms with E-state index >= 15 is 0 Å². The van der Waals surface area contributed by atoms with Crippen LogP contribution in [0.15, 0.2) is 0 Å². The molecule has 13 heteroatoms. The third kappa shape index (κ3) is 3.67. The van der Waals surface area contributed by atoms with Crippen LogP contribution in [0.3, 0.4) is 0 Å². The van der Waals surface area contributed by atoms with Gasteiger partial charge in [-0.2, -0.15) is 16.8 Å². The van der Waals surface area contributed by atoms with Crippen LogP contribution >= 0.6 is 0 Å². The second-order valence-electron chi connectivity index (χ2n) is 4.86. The van der Waals surface area contributed by atoms with Gasteiger partial charge in [-0.15, -0.1) is 0 Å². The maximum atomic E-state index is 11.2. The zero-order valence-electron chi connectivity index (χ0n) is 10.9. The molecule has 0 aromatic carbocycles. The highest BCUT2D eigenvalue weighted by molar-refractivity contribution is 7.82. The number of hydrogen-bond donors (Lipinski definition) is 0. The molecule has 4 unspecified atom stereocenters. The monoisotopic (exact) mass is 360 g/mol. The molecule has 4 atom stereocenters.